The van der Waals surface area contributed by atoms with Gasteiger partial charge >= 0.3 is 0 Å². The summed E-state index contributed by atoms with van der Waals surface area (Å²) in [5.41, 5.74) is 1.79. The van der Waals surface area contributed by atoms with Crippen LogP contribution in [0.3, 0.4) is 0 Å². The summed E-state index contributed by atoms with van der Waals surface area (Å²) in [6, 6.07) is 7.53. The first kappa shape index (κ1) is 14.1. The third-order valence-corrected chi connectivity index (χ3v) is 3.17. The molecule has 6 heteroatoms. The topological polar surface area (TPSA) is 50.7 Å². The predicted molar refractivity (Wildman–Crippen MR) is 80.2 cm³/mol. The molecular weight excluding hydrogens is 286 g/mol. The molecule has 0 atom stereocenters. The van der Waals surface area contributed by atoms with Gasteiger partial charge in [-0.2, -0.15) is 0 Å². The van der Waals surface area contributed by atoms with Gasteiger partial charge in [-0.3, -0.25) is 4.98 Å². The van der Waals surface area contributed by atoms with Crippen molar-refractivity contribution >= 4 is 5.95 Å². The SMILES string of the molecule is CNc1ncc(-c2ccncc2F)c(-c2cccc(F)c2)n1. The first-order chi connectivity index (χ1) is 10.7. The van der Waals surface area contributed by atoms with E-state index in [4.69, 9.17) is 0 Å². The van der Waals surface area contributed by atoms with Crippen LogP contribution in [0.15, 0.2) is 48.9 Å². The van der Waals surface area contributed by atoms with Crippen LogP contribution < -0.4 is 5.32 Å². The van der Waals surface area contributed by atoms with Crippen LogP contribution in [0, 0.1) is 11.6 Å². The van der Waals surface area contributed by atoms with Gasteiger partial charge in [-0.15, -0.1) is 0 Å². The summed E-state index contributed by atoms with van der Waals surface area (Å²) < 4.78 is 27.5. The summed E-state index contributed by atoms with van der Waals surface area (Å²) in [7, 11) is 1.68. The van der Waals surface area contributed by atoms with Crippen LogP contribution in [0.4, 0.5) is 14.7 Å². The fourth-order valence-electron chi connectivity index (χ4n) is 2.15. The number of aromatic nitrogens is 3. The first-order valence-corrected chi connectivity index (χ1v) is 6.59. The van der Waals surface area contributed by atoms with E-state index in [1.807, 2.05) is 0 Å². The number of halogens is 2. The Bertz CT molecular complexity index is 821. The molecule has 0 spiro atoms. The Morgan fingerprint density at radius 2 is 1.91 bits per heavy atom. The standard InChI is InChI=1S/C16H12F2N4/c1-19-16-21-8-13(12-5-6-20-9-14(12)18)15(22-16)10-3-2-4-11(17)7-10/h2-9H,1H3,(H,19,21,22). The van der Waals surface area contributed by atoms with Crippen molar-refractivity contribution in [3.8, 4) is 22.4 Å². The van der Waals surface area contributed by atoms with Crippen molar-refractivity contribution in [1.82, 2.24) is 15.0 Å². The Balaban J connectivity index is 2.25. The number of hydrogen-bond acceptors (Lipinski definition) is 4. The summed E-state index contributed by atoms with van der Waals surface area (Å²) >= 11 is 0. The highest BCUT2D eigenvalue weighted by atomic mass is 19.1. The molecule has 1 N–H and O–H groups in total. The van der Waals surface area contributed by atoms with E-state index in [-0.39, 0.29) is 5.82 Å². The Morgan fingerprint density at radius 3 is 2.64 bits per heavy atom. The van der Waals surface area contributed by atoms with Crippen LogP contribution in [-0.4, -0.2) is 22.0 Å². The lowest BCUT2D eigenvalue weighted by atomic mass is 10.0. The lowest BCUT2D eigenvalue weighted by molar-refractivity contribution is 0.625. The number of nitrogens with zero attached hydrogens (tertiary/aromatic N) is 3. The van der Waals surface area contributed by atoms with Crippen molar-refractivity contribution in [2.45, 2.75) is 0 Å². The molecule has 0 saturated heterocycles. The molecule has 110 valence electrons. The van der Waals surface area contributed by atoms with E-state index in [1.165, 1.54) is 30.6 Å². The van der Waals surface area contributed by atoms with Gasteiger partial charge in [0, 0.05) is 36.1 Å². The van der Waals surface area contributed by atoms with Crippen LogP contribution in [0.5, 0.6) is 0 Å². The van der Waals surface area contributed by atoms with Crippen LogP contribution in [0.25, 0.3) is 22.4 Å². The minimum absolute atomic E-state index is 0.317. The van der Waals surface area contributed by atoms with Crippen molar-refractivity contribution < 1.29 is 8.78 Å². The molecule has 2 heterocycles. The monoisotopic (exact) mass is 298 g/mol. The zero-order valence-electron chi connectivity index (χ0n) is 11.7. The van der Waals surface area contributed by atoms with Gasteiger partial charge in [0.15, 0.2) is 0 Å². The number of pyridine rings is 1. The average molecular weight is 298 g/mol. The van der Waals surface area contributed by atoms with Crippen LogP contribution in [0.2, 0.25) is 0 Å². The third-order valence-electron chi connectivity index (χ3n) is 3.17. The maximum atomic E-state index is 14.0. The lowest BCUT2D eigenvalue weighted by Gasteiger charge is -2.11. The third kappa shape index (κ3) is 2.63. The van der Waals surface area contributed by atoms with Gasteiger partial charge in [0.05, 0.1) is 11.9 Å². The molecule has 0 aliphatic carbocycles. The number of nitrogens with one attached hydrogen (secondary N) is 1. The predicted octanol–water partition coefficient (Wildman–Crippen LogP) is 3.53. The molecule has 0 saturated carbocycles. The normalized spacial score (nSPS) is 10.5. The van der Waals surface area contributed by atoms with E-state index < -0.39 is 5.82 Å². The van der Waals surface area contributed by atoms with Crippen molar-refractivity contribution in [1.29, 1.82) is 0 Å². The number of benzene rings is 1. The van der Waals surface area contributed by atoms with Gasteiger partial charge < -0.3 is 5.32 Å². The van der Waals surface area contributed by atoms with Gasteiger partial charge in [0.25, 0.3) is 0 Å². The van der Waals surface area contributed by atoms with Gasteiger partial charge in [-0.25, -0.2) is 18.7 Å². The van der Waals surface area contributed by atoms with Crippen LogP contribution in [-0.2, 0) is 0 Å². The molecule has 0 bridgehead atoms. The minimum atomic E-state index is -0.485. The van der Waals surface area contributed by atoms with Gasteiger partial charge in [0.1, 0.15) is 11.6 Å². The molecule has 2 aromatic heterocycles. The zero-order chi connectivity index (χ0) is 15.5. The molecule has 0 unspecified atom stereocenters. The van der Waals surface area contributed by atoms with E-state index in [0.717, 1.165) is 6.20 Å². The number of anilines is 1. The molecular formula is C16H12F2N4. The average Bonchev–Trinajstić information content (AvgIpc) is 2.55. The van der Waals surface area contributed by atoms with Crippen molar-refractivity contribution in [3.63, 3.8) is 0 Å². The summed E-state index contributed by atoms with van der Waals surface area (Å²) in [5, 5.41) is 2.82. The molecule has 0 fully saturated rings. The molecule has 0 radical (unpaired) electrons. The molecule has 0 aliphatic heterocycles. The summed E-state index contributed by atoms with van der Waals surface area (Å²) in [5.74, 6) is -0.498. The number of rotatable bonds is 3. The zero-order valence-corrected chi connectivity index (χ0v) is 11.7. The summed E-state index contributed by atoms with van der Waals surface area (Å²) in [6.45, 7) is 0. The summed E-state index contributed by atoms with van der Waals surface area (Å²) in [6.07, 6.45) is 4.12. The minimum Gasteiger partial charge on any atom is -0.357 e. The Hall–Kier alpha value is -2.89. The second-order valence-corrected chi connectivity index (χ2v) is 4.57. The van der Waals surface area contributed by atoms with Crippen molar-refractivity contribution in [2.75, 3.05) is 12.4 Å². The molecule has 0 aliphatic rings. The lowest BCUT2D eigenvalue weighted by Crippen LogP contribution is -2.00. The van der Waals surface area contributed by atoms with E-state index >= 15 is 0 Å². The van der Waals surface area contributed by atoms with Crippen molar-refractivity contribution in [3.05, 3.63) is 60.6 Å². The van der Waals surface area contributed by atoms with E-state index in [0.29, 0.717) is 28.3 Å². The largest absolute Gasteiger partial charge is 0.357 e. The smallest absolute Gasteiger partial charge is 0.222 e. The summed E-state index contributed by atoms with van der Waals surface area (Å²) in [4.78, 5) is 12.2. The van der Waals surface area contributed by atoms with Gasteiger partial charge in [-0.05, 0) is 18.2 Å². The number of hydrogen-bond donors (Lipinski definition) is 1. The van der Waals surface area contributed by atoms with E-state index in [2.05, 4.69) is 20.3 Å². The quantitative estimate of drug-likeness (QED) is 0.803. The second-order valence-electron chi connectivity index (χ2n) is 4.57. The molecule has 3 aromatic rings. The van der Waals surface area contributed by atoms with E-state index in [1.54, 1.807) is 19.2 Å². The maximum absolute atomic E-state index is 14.0. The van der Waals surface area contributed by atoms with Gasteiger partial charge in [0.2, 0.25) is 5.95 Å². The van der Waals surface area contributed by atoms with Crippen LogP contribution >= 0.6 is 0 Å². The first-order valence-electron chi connectivity index (χ1n) is 6.59. The second kappa shape index (κ2) is 5.85. The van der Waals surface area contributed by atoms with Crippen LogP contribution in [0.1, 0.15) is 0 Å². The molecule has 22 heavy (non-hydrogen) atoms. The molecule has 4 nitrogen and oxygen atoms in total. The van der Waals surface area contributed by atoms with Gasteiger partial charge in [-0.1, -0.05) is 12.1 Å². The van der Waals surface area contributed by atoms with E-state index in [9.17, 15) is 8.78 Å². The highest BCUT2D eigenvalue weighted by Crippen LogP contribution is 2.32. The molecule has 1 aromatic carbocycles. The molecule has 3 rings (SSSR count). The molecule has 0 amide bonds. The Morgan fingerprint density at radius 1 is 1.05 bits per heavy atom. The van der Waals surface area contributed by atoms with Crippen molar-refractivity contribution in [2.24, 2.45) is 0 Å². The fourth-order valence-corrected chi connectivity index (χ4v) is 2.15. The Labute approximate surface area is 125 Å². The fraction of sp³-hybridized carbons (Fsp3) is 0.0625. The highest BCUT2D eigenvalue weighted by Gasteiger charge is 2.15. The highest BCUT2D eigenvalue weighted by molar-refractivity contribution is 5.80. The Kier molecular flexibility index (Phi) is 3.74. The maximum Gasteiger partial charge on any atom is 0.222 e.